The maximum atomic E-state index is 8.81. The predicted molar refractivity (Wildman–Crippen MR) is 65.1 cm³/mol. The number of hydrogen-bond acceptors (Lipinski definition) is 5. The van der Waals surface area contributed by atoms with E-state index in [9.17, 15) is 0 Å². The van der Waals surface area contributed by atoms with Gasteiger partial charge in [-0.05, 0) is 13.8 Å². The molecule has 74 valence electrons. The predicted octanol–water partition coefficient (Wildman–Crippen LogP) is 2.70. The molecule has 0 saturated carbocycles. The van der Waals surface area contributed by atoms with Crippen LogP contribution in [0.15, 0.2) is 18.7 Å². The quantitative estimate of drug-likeness (QED) is 0.747. The van der Waals surface area contributed by atoms with Crippen LogP contribution in [-0.4, -0.2) is 17.2 Å². The molecule has 0 fully saturated rings. The Morgan fingerprint density at radius 2 is 2.36 bits per heavy atom. The molecule has 0 spiro atoms. The summed E-state index contributed by atoms with van der Waals surface area (Å²) in [6, 6.07) is 2.19. The molecule has 0 N–H and O–H groups in total. The van der Waals surface area contributed by atoms with Crippen molar-refractivity contribution in [3.8, 4) is 6.07 Å². The van der Waals surface area contributed by atoms with Crippen LogP contribution in [0.1, 0.15) is 13.8 Å². The van der Waals surface area contributed by atoms with Crippen molar-refractivity contribution in [2.75, 3.05) is 0 Å². The van der Waals surface area contributed by atoms with Crippen LogP contribution >= 0.6 is 35.9 Å². The van der Waals surface area contributed by atoms with E-state index >= 15 is 0 Å². The average molecular weight is 243 g/mol. The Labute approximate surface area is 97.0 Å². The van der Waals surface area contributed by atoms with Gasteiger partial charge in [0, 0.05) is 24.3 Å². The van der Waals surface area contributed by atoms with Crippen LogP contribution in [0.4, 0.5) is 0 Å². The molecule has 0 unspecified atom stereocenters. The molecule has 1 aromatic heterocycles. The highest BCUT2D eigenvalue weighted by molar-refractivity contribution is 8.47. The highest BCUT2D eigenvalue weighted by Gasteiger charge is 2.20. The molecule has 0 atom stereocenters. The van der Waals surface area contributed by atoms with E-state index in [0.29, 0.717) is 0 Å². The number of nitriles is 1. The van der Waals surface area contributed by atoms with Gasteiger partial charge in [-0.1, -0.05) is 24.0 Å². The summed E-state index contributed by atoms with van der Waals surface area (Å²) in [6.45, 7) is 3.69. The molecule has 3 nitrogen and oxygen atoms in total. The molecular weight excluding hydrogens is 234 g/mol. The zero-order valence-electron chi connectivity index (χ0n) is 7.80. The van der Waals surface area contributed by atoms with Gasteiger partial charge in [0.25, 0.3) is 0 Å². The molecular formula is C8H9N3S3. The van der Waals surface area contributed by atoms with Crippen molar-refractivity contribution in [2.24, 2.45) is 0 Å². The molecule has 1 aromatic rings. The molecule has 0 aliphatic rings. The molecule has 0 bridgehead atoms. The fourth-order valence-corrected chi connectivity index (χ4v) is 3.40. The fourth-order valence-electron chi connectivity index (χ4n) is 0.637. The second kappa shape index (κ2) is 4.82. The van der Waals surface area contributed by atoms with Crippen molar-refractivity contribution in [3.63, 3.8) is 0 Å². The molecule has 0 aliphatic heterocycles. The second-order valence-corrected chi connectivity index (χ2v) is 6.82. The number of imidazole rings is 1. The Bertz CT molecular complexity index is 350. The molecule has 6 heteroatoms. The van der Waals surface area contributed by atoms with Crippen LogP contribution in [-0.2, 0) is 0 Å². The van der Waals surface area contributed by atoms with Gasteiger partial charge in [0.1, 0.15) is 14.6 Å². The first-order valence-electron chi connectivity index (χ1n) is 3.84. The van der Waals surface area contributed by atoms with Crippen LogP contribution < -0.4 is 0 Å². The first-order valence-corrected chi connectivity index (χ1v) is 5.84. The van der Waals surface area contributed by atoms with Gasteiger partial charge < -0.3 is 0 Å². The summed E-state index contributed by atoms with van der Waals surface area (Å²) < 4.78 is 2.06. The number of aromatic nitrogens is 2. The third-order valence-corrected chi connectivity index (χ3v) is 3.56. The van der Waals surface area contributed by atoms with Gasteiger partial charge in [0.05, 0.1) is 6.07 Å². The summed E-state index contributed by atoms with van der Waals surface area (Å²) in [5.41, 5.74) is 0. The van der Waals surface area contributed by atoms with E-state index in [1.807, 2.05) is 24.0 Å². The lowest BCUT2D eigenvalue weighted by atomic mass is 10.2. The maximum absolute atomic E-state index is 8.81. The number of thioether (sulfide) groups is 1. The monoisotopic (exact) mass is 243 g/mol. The SMILES string of the molecule is CC(C)(C#N)SC(=S)Sn1ccnc1. The lowest BCUT2D eigenvalue weighted by Gasteiger charge is -2.13. The van der Waals surface area contributed by atoms with Gasteiger partial charge in [0.2, 0.25) is 0 Å². The molecule has 0 radical (unpaired) electrons. The van der Waals surface area contributed by atoms with Gasteiger partial charge in [-0.2, -0.15) is 5.26 Å². The molecule has 0 amide bonds. The van der Waals surface area contributed by atoms with E-state index in [4.69, 9.17) is 17.5 Å². The molecule has 0 aromatic carbocycles. The van der Waals surface area contributed by atoms with Gasteiger partial charge in [-0.25, -0.2) is 4.98 Å². The van der Waals surface area contributed by atoms with Crippen molar-refractivity contribution < 1.29 is 0 Å². The van der Waals surface area contributed by atoms with E-state index < -0.39 is 4.75 Å². The third-order valence-electron chi connectivity index (χ3n) is 1.27. The minimum Gasteiger partial charge on any atom is -0.275 e. The molecule has 1 rings (SSSR count). The Hall–Kier alpha value is -0.510. The van der Waals surface area contributed by atoms with Gasteiger partial charge >= 0.3 is 0 Å². The molecule has 1 heterocycles. The highest BCUT2D eigenvalue weighted by Crippen LogP contribution is 2.30. The Morgan fingerprint density at radius 1 is 1.64 bits per heavy atom. The standard InChI is InChI=1S/C8H9N3S3/c1-8(2,5-9)13-7(12)14-11-4-3-10-6-11/h3-4,6H,1-2H3. The van der Waals surface area contributed by atoms with Gasteiger partial charge in [-0.15, -0.1) is 0 Å². The first-order chi connectivity index (χ1) is 6.53. The smallest absolute Gasteiger partial charge is 0.127 e. The minimum absolute atomic E-state index is 0.468. The van der Waals surface area contributed by atoms with Crippen LogP contribution in [0.2, 0.25) is 0 Å². The second-order valence-electron chi connectivity index (χ2n) is 2.99. The zero-order chi connectivity index (χ0) is 10.6. The number of rotatable bonds is 2. The van der Waals surface area contributed by atoms with Crippen molar-refractivity contribution in [1.82, 2.24) is 8.96 Å². The largest absolute Gasteiger partial charge is 0.275 e. The van der Waals surface area contributed by atoms with E-state index in [-0.39, 0.29) is 0 Å². The van der Waals surface area contributed by atoms with Crippen molar-refractivity contribution in [3.05, 3.63) is 18.7 Å². The Kier molecular flexibility index (Phi) is 3.98. The number of thiocarbonyl (C=S) groups is 1. The summed E-state index contributed by atoms with van der Waals surface area (Å²) >= 11 is 7.92. The summed E-state index contributed by atoms with van der Waals surface area (Å²) in [5.74, 6) is 0. The summed E-state index contributed by atoms with van der Waals surface area (Å²) in [6.07, 6.45) is 5.18. The maximum Gasteiger partial charge on any atom is 0.127 e. The van der Waals surface area contributed by atoms with Crippen LogP contribution in [0, 0.1) is 11.3 Å². The summed E-state index contributed by atoms with van der Waals surface area (Å²) in [5, 5.41) is 8.81. The molecule has 0 saturated heterocycles. The van der Waals surface area contributed by atoms with Gasteiger partial charge in [-0.3, -0.25) is 3.97 Å². The molecule has 14 heavy (non-hydrogen) atoms. The van der Waals surface area contributed by atoms with Gasteiger partial charge in [0.15, 0.2) is 0 Å². The normalized spacial score (nSPS) is 10.9. The van der Waals surface area contributed by atoms with E-state index in [1.165, 1.54) is 23.7 Å². The van der Waals surface area contributed by atoms with Crippen molar-refractivity contribution in [1.29, 1.82) is 5.26 Å². The fraction of sp³-hybridized carbons (Fsp3) is 0.375. The highest BCUT2D eigenvalue weighted by atomic mass is 32.2. The van der Waals surface area contributed by atoms with Crippen LogP contribution in [0.25, 0.3) is 0 Å². The third kappa shape index (κ3) is 3.70. The van der Waals surface area contributed by atoms with Crippen LogP contribution in [0.5, 0.6) is 0 Å². The lowest BCUT2D eigenvalue weighted by molar-refractivity contribution is 0.921. The van der Waals surface area contributed by atoms with E-state index in [0.717, 1.165) is 3.53 Å². The molecule has 0 aliphatic carbocycles. The van der Waals surface area contributed by atoms with E-state index in [2.05, 4.69) is 11.1 Å². The zero-order valence-corrected chi connectivity index (χ0v) is 10.2. The van der Waals surface area contributed by atoms with Crippen molar-refractivity contribution in [2.45, 2.75) is 18.6 Å². The summed E-state index contributed by atoms with van der Waals surface area (Å²) in [7, 11) is 0. The minimum atomic E-state index is -0.468. The topological polar surface area (TPSA) is 41.6 Å². The van der Waals surface area contributed by atoms with Crippen molar-refractivity contribution >= 4 is 39.5 Å². The van der Waals surface area contributed by atoms with Crippen LogP contribution in [0.3, 0.4) is 0 Å². The Morgan fingerprint density at radius 3 is 2.86 bits per heavy atom. The number of nitrogens with zero attached hydrogens (tertiary/aromatic N) is 3. The lowest BCUT2D eigenvalue weighted by Crippen LogP contribution is -2.12. The Balaban J connectivity index is 2.49. The van der Waals surface area contributed by atoms with E-state index in [1.54, 1.807) is 12.5 Å². The average Bonchev–Trinajstić information content (AvgIpc) is 2.55. The number of hydrogen-bond donors (Lipinski definition) is 0. The summed E-state index contributed by atoms with van der Waals surface area (Å²) in [4.78, 5) is 3.90. The first kappa shape index (κ1) is 11.6.